The van der Waals surface area contributed by atoms with Gasteiger partial charge in [0.1, 0.15) is 0 Å². The first-order valence-corrected chi connectivity index (χ1v) is 41.3. The molecule has 6 nitrogen and oxygen atoms in total. The molecule has 1 aliphatic carbocycles. The van der Waals surface area contributed by atoms with Crippen LogP contribution < -0.4 is 0 Å². The highest BCUT2D eigenvalue weighted by molar-refractivity contribution is 6.18. The van der Waals surface area contributed by atoms with Crippen molar-refractivity contribution in [2.45, 2.75) is 19.3 Å². The first-order chi connectivity index (χ1) is 59.3. The van der Waals surface area contributed by atoms with Crippen molar-refractivity contribution in [3.63, 3.8) is 0 Å². The predicted molar refractivity (Wildman–Crippen MR) is 506 cm³/mol. The molecular formula is C114H76N6. The van der Waals surface area contributed by atoms with E-state index in [0.717, 1.165) is 56.0 Å². The van der Waals surface area contributed by atoms with Crippen LogP contribution in [0.5, 0.6) is 0 Å². The third-order valence-corrected chi connectivity index (χ3v) is 24.9. The molecule has 0 amide bonds. The van der Waals surface area contributed by atoms with Crippen LogP contribution in [-0.2, 0) is 5.41 Å². The highest BCUT2D eigenvalue weighted by Crippen LogP contribution is 2.51. The number of aromatic nitrogens is 6. The van der Waals surface area contributed by atoms with Gasteiger partial charge in [-0.05, 0) is 176 Å². The molecule has 0 N–H and O–H groups in total. The summed E-state index contributed by atoms with van der Waals surface area (Å²) < 4.78 is 7.19. The molecule has 18 aromatic carbocycles. The lowest BCUT2D eigenvalue weighted by Crippen LogP contribution is -2.15. The maximum Gasteiger partial charge on any atom is 0.0788 e. The van der Waals surface area contributed by atoms with Gasteiger partial charge in [0.15, 0.2) is 0 Å². The van der Waals surface area contributed by atoms with Gasteiger partial charge >= 0.3 is 0 Å². The molecule has 120 heavy (non-hydrogen) atoms. The average molecular weight is 1530 g/mol. The third kappa shape index (κ3) is 11.5. The van der Waals surface area contributed by atoms with E-state index in [1.54, 1.807) is 0 Å². The van der Waals surface area contributed by atoms with Crippen molar-refractivity contribution >= 4 is 130 Å². The zero-order valence-electron chi connectivity index (χ0n) is 66.1. The number of pyridine rings is 3. The van der Waals surface area contributed by atoms with Gasteiger partial charge in [-0.3, -0.25) is 0 Å². The Morgan fingerprint density at radius 1 is 0.175 bits per heavy atom. The molecule has 1 aliphatic rings. The van der Waals surface area contributed by atoms with E-state index in [1.807, 2.05) is 0 Å². The largest absolute Gasteiger partial charge is 0.309 e. The summed E-state index contributed by atoms with van der Waals surface area (Å²) in [5.41, 5.74) is 30.5. The van der Waals surface area contributed by atoms with Gasteiger partial charge in [-0.15, -0.1) is 0 Å². The molecule has 0 saturated heterocycles. The topological polar surface area (TPSA) is 53.5 Å². The SMILES string of the molecule is CC1(C)c2ccccc2-c2ccc(-n3c4ccccc4c4cc(-c5nc6ccccc6c6ccccc56)ccc43)cc21.c1ccc(-c2cc(-c3ccccc3)cc(-n3c4ccccc4c4cc(-c5nc6ccccc6c6ccccc56)ccc43)c2)cc1.c1ccc(-n2c3ccccc3c3cc(-c4nc5ccccc5c5ccccc45)ccc32)cc1. The normalized spacial score (nSPS) is 12.3. The maximum absolute atomic E-state index is 5.21. The highest BCUT2D eigenvalue weighted by Gasteiger charge is 2.36. The Morgan fingerprint density at radius 3 is 0.900 bits per heavy atom. The number of nitrogens with zero attached hydrogens (tertiary/aromatic N) is 6. The van der Waals surface area contributed by atoms with E-state index in [0.29, 0.717) is 0 Å². The van der Waals surface area contributed by atoms with E-state index in [1.165, 1.54) is 170 Å². The molecule has 0 unspecified atom stereocenters. The minimum absolute atomic E-state index is 0.0450. The molecule has 0 fully saturated rings. The van der Waals surface area contributed by atoms with E-state index in [4.69, 9.17) is 15.0 Å². The lowest BCUT2D eigenvalue weighted by molar-refractivity contribution is 0.660. The molecule has 0 radical (unpaired) electrons. The Kier molecular flexibility index (Phi) is 16.5. The van der Waals surface area contributed by atoms with Crippen LogP contribution in [-0.4, -0.2) is 28.7 Å². The Bertz CT molecular complexity index is 8200. The monoisotopic (exact) mass is 1530 g/mol. The van der Waals surface area contributed by atoms with Crippen LogP contribution in [0.25, 0.3) is 215 Å². The Balaban J connectivity index is 0.000000106. The fraction of sp³-hybridized carbons (Fsp3) is 0.0263. The predicted octanol–water partition coefficient (Wildman–Crippen LogP) is 30.1. The molecule has 25 rings (SSSR count). The molecule has 562 valence electrons. The first kappa shape index (κ1) is 69.8. The van der Waals surface area contributed by atoms with Crippen molar-refractivity contribution in [3.8, 4) is 84.2 Å². The van der Waals surface area contributed by atoms with Gasteiger partial charge in [-0.25, -0.2) is 15.0 Å². The second-order valence-electron chi connectivity index (χ2n) is 32.1. The molecule has 0 spiro atoms. The fourth-order valence-corrected chi connectivity index (χ4v) is 19.3. The quantitative estimate of drug-likeness (QED) is 0.143. The molecule has 6 heterocycles. The average Bonchev–Trinajstić information content (AvgIpc) is 1.56. The van der Waals surface area contributed by atoms with E-state index in [2.05, 4.69) is 452 Å². The molecular weight excluding hydrogens is 1450 g/mol. The minimum Gasteiger partial charge on any atom is -0.309 e. The van der Waals surface area contributed by atoms with Crippen molar-refractivity contribution < 1.29 is 0 Å². The maximum atomic E-state index is 5.21. The minimum atomic E-state index is -0.0450. The fourth-order valence-electron chi connectivity index (χ4n) is 19.3. The van der Waals surface area contributed by atoms with Gasteiger partial charge < -0.3 is 13.7 Å². The second-order valence-corrected chi connectivity index (χ2v) is 32.1. The van der Waals surface area contributed by atoms with Crippen LogP contribution >= 0.6 is 0 Å². The van der Waals surface area contributed by atoms with Crippen LogP contribution in [0.1, 0.15) is 25.0 Å². The van der Waals surface area contributed by atoms with Gasteiger partial charge in [0, 0.05) is 104 Å². The number of para-hydroxylation sites is 7. The number of hydrogen-bond acceptors (Lipinski definition) is 3. The second kappa shape index (κ2) is 28.4. The van der Waals surface area contributed by atoms with Crippen molar-refractivity contribution in [1.82, 2.24) is 28.7 Å². The molecule has 24 aromatic rings. The van der Waals surface area contributed by atoms with Crippen LogP contribution in [0.2, 0.25) is 0 Å². The van der Waals surface area contributed by atoms with Crippen molar-refractivity contribution in [2.24, 2.45) is 0 Å². The van der Waals surface area contributed by atoms with Gasteiger partial charge in [-0.2, -0.15) is 0 Å². The third-order valence-electron chi connectivity index (χ3n) is 24.9. The van der Waals surface area contributed by atoms with Crippen LogP contribution in [0.15, 0.2) is 425 Å². The molecule has 0 atom stereocenters. The van der Waals surface area contributed by atoms with Gasteiger partial charge in [0.05, 0.1) is 66.7 Å². The zero-order valence-corrected chi connectivity index (χ0v) is 66.1. The molecule has 6 heteroatoms. The summed E-state index contributed by atoms with van der Waals surface area (Å²) in [6.45, 7) is 4.70. The number of benzene rings is 18. The molecule has 6 aromatic heterocycles. The summed E-state index contributed by atoms with van der Waals surface area (Å²) in [5, 5.41) is 18.2. The van der Waals surface area contributed by atoms with E-state index >= 15 is 0 Å². The van der Waals surface area contributed by atoms with E-state index in [-0.39, 0.29) is 5.41 Å². The molecule has 0 bridgehead atoms. The Labute approximate surface area is 693 Å². The summed E-state index contributed by atoms with van der Waals surface area (Å²) in [6, 6.07) is 152. The van der Waals surface area contributed by atoms with Crippen molar-refractivity contribution in [3.05, 3.63) is 436 Å². The molecule has 0 saturated carbocycles. The summed E-state index contributed by atoms with van der Waals surface area (Å²) >= 11 is 0. The smallest absolute Gasteiger partial charge is 0.0788 e. The Hall–Kier alpha value is -15.6. The first-order valence-electron chi connectivity index (χ1n) is 41.3. The van der Waals surface area contributed by atoms with Crippen LogP contribution in [0.4, 0.5) is 0 Å². The Morgan fingerprint density at radius 2 is 0.483 bits per heavy atom. The standard InChI is InChI=1S/C43H28N2.C40H28N2.C31H20N2/c1-3-13-29(14-4-1)32-25-33(30-15-5-2-6-16-30)27-34(26-32)45-41-22-12-10-19-37(41)39-28-31(23-24-42(39)45)43-38-20-8-7-17-35(38)36-18-9-11-21-40(36)44-43;1-40(2)34-16-8-5-12-28(34)29-21-20-26(24-35(29)40)42-37-18-10-7-14-31(37)33-23-25(19-22-38(33)42)39-32-15-4-3-11-27(32)30-13-6-9-17-36(30)41-39;1-2-10-22(11-3-1)33-29-17-9-7-14-25(29)27-20-21(18-19-30(27)33)31-26-15-5-4-12-23(26)24-13-6-8-16-28(24)32-31/h1-28H;3-24H,1-2H3;1-20H. The molecule has 0 aliphatic heterocycles. The summed E-state index contributed by atoms with van der Waals surface area (Å²) in [6.07, 6.45) is 0. The van der Waals surface area contributed by atoms with Crippen LogP contribution in [0.3, 0.4) is 0 Å². The summed E-state index contributed by atoms with van der Waals surface area (Å²) in [4.78, 5) is 15.5. The lowest BCUT2D eigenvalue weighted by atomic mass is 9.82. The van der Waals surface area contributed by atoms with Crippen molar-refractivity contribution in [1.29, 1.82) is 0 Å². The number of rotatable bonds is 8. The van der Waals surface area contributed by atoms with Crippen molar-refractivity contribution in [2.75, 3.05) is 0 Å². The van der Waals surface area contributed by atoms with Gasteiger partial charge in [0.2, 0.25) is 0 Å². The van der Waals surface area contributed by atoms with E-state index < -0.39 is 0 Å². The van der Waals surface area contributed by atoms with Gasteiger partial charge in [-0.1, -0.05) is 323 Å². The zero-order chi connectivity index (χ0) is 79.5. The summed E-state index contributed by atoms with van der Waals surface area (Å²) in [5.74, 6) is 0. The van der Waals surface area contributed by atoms with Crippen LogP contribution in [0, 0.1) is 0 Å². The lowest BCUT2D eigenvalue weighted by Gasteiger charge is -2.22. The van der Waals surface area contributed by atoms with E-state index in [9.17, 15) is 0 Å². The number of fused-ring (bicyclic) bond motifs is 21. The van der Waals surface area contributed by atoms with Gasteiger partial charge in [0.25, 0.3) is 0 Å². The highest BCUT2D eigenvalue weighted by atomic mass is 15.0. The summed E-state index contributed by atoms with van der Waals surface area (Å²) in [7, 11) is 0. The number of hydrogen-bond donors (Lipinski definition) is 0.